The fourth-order valence-corrected chi connectivity index (χ4v) is 1.75. The highest BCUT2D eigenvalue weighted by molar-refractivity contribution is 5.79. The van der Waals surface area contributed by atoms with Crippen molar-refractivity contribution >= 4 is 5.84 Å². The Morgan fingerprint density at radius 3 is 2.81 bits per heavy atom. The second-order valence-electron chi connectivity index (χ2n) is 5.30. The van der Waals surface area contributed by atoms with Crippen LogP contribution >= 0.6 is 0 Å². The lowest BCUT2D eigenvalue weighted by Gasteiger charge is -2.03. The summed E-state index contributed by atoms with van der Waals surface area (Å²) in [4.78, 5) is 9.55. The molecule has 1 aromatic carbocycles. The van der Waals surface area contributed by atoms with Crippen molar-refractivity contribution in [3.63, 3.8) is 0 Å². The van der Waals surface area contributed by atoms with Gasteiger partial charge in [-0.15, -0.1) is 0 Å². The third-order valence-electron chi connectivity index (χ3n) is 2.94. The van der Waals surface area contributed by atoms with E-state index < -0.39 is 0 Å². The molecule has 2 rings (SSSR count). The molecule has 0 aliphatic carbocycles. The van der Waals surface area contributed by atoms with Gasteiger partial charge >= 0.3 is 0 Å². The van der Waals surface area contributed by atoms with E-state index in [1.54, 1.807) is 6.26 Å². The molecule has 0 spiro atoms. The van der Waals surface area contributed by atoms with Crippen LogP contribution in [-0.2, 0) is 11.4 Å². The minimum Gasteiger partial charge on any atom is -0.444 e. The Morgan fingerprint density at radius 1 is 1.33 bits per heavy atom. The van der Waals surface area contributed by atoms with Crippen LogP contribution in [-0.4, -0.2) is 10.8 Å². The Labute approximate surface area is 124 Å². The number of oxazole rings is 1. The number of amidine groups is 1. The van der Waals surface area contributed by atoms with Gasteiger partial charge in [-0.1, -0.05) is 37.2 Å². The largest absolute Gasteiger partial charge is 0.444 e. The lowest BCUT2D eigenvalue weighted by atomic mass is 10.1. The predicted octanol–water partition coefficient (Wildman–Crippen LogP) is 3.57. The molecule has 0 saturated carbocycles. The van der Waals surface area contributed by atoms with Crippen LogP contribution in [0.2, 0.25) is 0 Å². The van der Waals surface area contributed by atoms with E-state index in [4.69, 9.17) is 15.0 Å². The van der Waals surface area contributed by atoms with Crippen LogP contribution in [0, 0.1) is 5.92 Å². The number of aromatic nitrogens is 1. The second-order valence-corrected chi connectivity index (χ2v) is 5.30. The van der Waals surface area contributed by atoms with Crippen LogP contribution < -0.4 is 5.73 Å². The number of hydrogen-bond acceptors (Lipinski definition) is 4. The van der Waals surface area contributed by atoms with Crippen molar-refractivity contribution in [1.29, 1.82) is 0 Å². The molecule has 0 atom stereocenters. The first-order valence-electron chi connectivity index (χ1n) is 7.09. The lowest BCUT2D eigenvalue weighted by Crippen LogP contribution is -2.13. The zero-order valence-corrected chi connectivity index (χ0v) is 12.5. The lowest BCUT2D eigenvalue weighted by molar-refractivity contribution is 0.126. The topological polar surface area (TPSA) is 73.6 Å². The van der Waals surface area contributed by atoms with E-state index in [1.165, 1.54) is 0 Å². The highest BCUT2D eigenvalue weighted by atomic mass is 16.6. The fourth-order valence-electron chi connectivity index (χ4n) is 1.75. The summed E-state index contributed by atoms with van der Waals surface area (Å²) >= 11 is 0. The quantitative estimate of drug-likeness (QED) is 0.480. The molecule has 1 aromatic heterocycles. The van der Waals surface area contributed by atoms with Gasteiger partial charge in [0.1, 0.15) is 17.8 Å². The summed E-state index contributed by atoms with van der Waals surface area (Å²) in [6.07, 6.45) is 3.31. The minimum atomic E-state index is 0.249. The van der Waals surface area contributed by atoms with Gasteiger partial charge in [0.25, 0.3) is 0 Å². The van der Waals surface area contributed by atoms with E-state index in [2.05, 4.69) is 24.0 Å². The average molecular weight is 287 g/mol. The molecule has 0 unspecified atom stereocenters. The van der Waals surface area contributed by atoms with E-state index in [0.717, 1.165) is 18.4 Å². The van der Waals surface area contributed by atoms with Crippen LogP contribution in [0.4, 0.5) is 0 Å². The SMILES string of the molecule is CC(C)CC/C(N)=N/OCc1coc(-c2ccccc2)n1. The molecule has 2 N–H and O–H groups in total. The average Bonchev–Trinajstić information content (AvgIpc) is 2.95. The second kappa shape index (κ2) is 7.47. The smallest absolute Gasteiger partial charge is 0.226 e. The standard InChI is InChI=1S/C16H21N3O2/c1-12(2)8-9-15(17)19-21-11-14-10-20-16(18-14)13-6-4-3-5-7-13/h3-7,10,12H,8-9,11H2,1-2H3,(H2,17,19). The number of benzene rings is 1. The first-order chi connectivity index (χ1) is 10.1. The van der Waals surface area contributed by atoms with Gasteiger partial charge < -0.3 is 15.0 Å². The highest BCUT2D eigenvalue weighted by Crippen LogP contribution is 2.18. The van der Waals surface area contributed by atoms with Crippen LogP contribution in [0.15, 0.2) is 46.2 Å². The molecule has 1 heterocycles. The molecule has 0 amide bonds. The highest BCUT2D eigenvalue weighted by Gasteiger charge is 2.06. The van der Waals surface area contributed by atoms with Crippen molar-refractivity contribution in [1.82, 2.24) is 4.98 Å². The molecule has 21 heavy (non-hydrogen) atoms. The molecule has 112 valence electrons. The molecule has 5 heteroatoms. The first kappa shape index (κ1) is 15.1. The first-order valence-corrected chi connectivity index (χ1v) is 7.09. The van der Waals surface area contributed by atoms with Gasteiger partial charge in [0, 0.05) is 12.0 Å². The summed E-state index contributed by atoms with van der Waals surface area (Å²) in [5, 5.41) is 3.89. The van der Waals surface area contributed by atoms with Gasteiger partial charge in [-0.3, -0.25) is 0 Å². The van der Waals surface area contributed by atoms with Crippen molar-refractivity contribution in [2.75, 3.05) is 0 Å². The van der Waals surface area contributed by atoms with Crippen LogP contribution in [0.3, 0.4) is 0 Å². The van der Waals surface area contributed by atoms with E-state index in [1.807, 2.05) is 30.3 Å². The molecular formula is C16H21N3O2. The van der Waals surface area contributed by atoms with Gasteiger partial charge in [0.15, 0.2) is 6.61 Å². The van der Waals surface area contributed by atoms with Gasteiger partial charge in [-0.2, -0.15) is 0 Å². The molecule has 0 aliphatic rings. The summed E-state index contributed by atoms with van der Waals surface area (Å²) in [5.41, 5.74) is 7.39. The van der Waals surface area contributed by atoms with Gasteiger partial charge in [-0.05, 0) is 24.5 Å². The van der Waals surface area contributed by atoms with Crippen molar-refractivity contribution in [2.24, 2.45) is 16.8 Å². The Hall–Kier alpha value is -2.30. The van der Waals surface area contributed by atoms with Crippen LogP contribution in [0.25, 0.3) is 11.5 Å². The monoisotopic (exact) mass is 287 g/mol. The molecule has 0 fully saturated rings. The summed E-state index contributed by atoms with van der Waals surface area (Å²) in [5.74, 6) is 1.68. The minimum absolute atomic E-state index is 0.249. The number of oxime groups is 1. The van der Waals surface area contributed by atoms with Crippen molar-refractivity contribution in [2.45, 2.75) is 33.3 Å². The summed E-state index contributed by atoms with van der Waals surface area (Å²) in [6.45, 7) is 4.54. The predicted molar refractivity (Wildman–Crippen MR) is 82.4 cm³/mol. The number of hydrogen-bond donors (Lipinski definition) is 1. The summed E-state index contributed by atoms with van der Waals surface area (Å²) < 4.78 is 5.42. The maximum absolute atomic E-state index is 5.76. The molecular weight excluding hydrogens is 266 g/mol. The van der Waals surface area contributed by atoms with E-state index in [9.17, 15) is 0 Å². The summed E-state index contributed by atoms with van der Waals surface area (Å²) in [7, 11) is 0. The molecule has 0 saturated heterocycles. The van der Waals surface area contributed by atoms with E-state index in [0.29, 0.717) is 23.3 Å². The molecule has 5 nitrogen and oxygen atoms in total. The van der Waals surface area contributed by atoms with Crippen LogP contribution in [0.5, 0.6) is 0 Å². The Morgan fingerprint density at radius 2 is 2.10 bits per heavy atom. The van der Waals surface area contributed by atoms with Gasteiger partial charge in [0.2, 0.25) is 5.89 Å². The zero-order chi connectivity index (χ0) is 15.1. The maximum Gasteiger partial charge on any atom is 0.226 e. The van der Waals surface area contributed by atoms with Gasteiger partial charge in [-0.25, -0.2) is 4.98 Å². The van der Waals surface area contributed by atoms with Crippen molar-refractivity contribution in [3.8, 4) is 11.5 Å². The maximum atomic E-state index is 5.76. The number of nitrogens with two attached hydrogens (primary N) is 1. The van der Waals surface area contributed by atoms with E-state index in [-0.39, 0.29) is 6.61 Å². The molecule has 0 radical (unpaired) electrons. The fraction of sp³-hybridized carbons (Fsp3) is 0.375. The zero-order valence-electron chi connectivity index (χ0n) is 12.5. The van der Waals surface area contributed by atoms with Crippen LogP contribution in [0.1, 0.15) is 32.4 Å². The third-order valence-corrected chi connectivity index (χ3v) is 2.94. The third kappa shape index (κ3) is 4.95. The molecule has 2 aromatic rings. The summed E-state index contributed by atoms with van der Waals surface area (Å²) in [6, 6.07) is 9.72. The Bertz CT molecular complexity index is 576. The Balaban J connectivity index is 1.85. The van der Waals surface area contributed by atoms with Crippen molar-refractivity contribution < 1.29 is 9.25 Å². The van der Waals surface area contributed by atoms with E-state index >= 15 is 0 Å². The normalized spacial score (nSPS) is 11.9. The molecule has 0 aliphatic heterocycles. The molecule has 0 bridgehead atoms. The van der Waals surface area contributed by atoms with Crippen molar-refractivity contribution in [3.05, 3.63) is 42.3 Å². The Kier molecular flexibility index (Phi) is 5.37. The number of nitrogens with zero attached hydrogens (tertiary/aromatic N) is 2. The number of rotatable bonds is 7. The van der Waals surface area contributed by atoms with Gasteiger partial charge in [0.05, 0.1) is 0 Å².